The summed E-state index contributed by atoms with van der Waals surface area (Å²) >= 11 is 0. The molecule has 0 aromatic carbocycles. The number of aldehydes is 1. The lowest BCUT2D eigenvalue weighted by molar-refractivity contribution is -0.162. The summed E-state index contributed by atoms with van der Waals surface area (Å²) in [5.74, 6) is 0.627. The van der Waals surface area contributed by atoms with E-state index in [1.807, 2.05) is 20.8 Å². The van der Waals surface area contributed by atoms with Gasteiger partial charge in [0.15, 0.2) is 0 Å². The lowest BCUT2D eigenvalue weighted by atomic mass is 9.77. The maximum absolute atomic E-state index is 12.0. The number of likely N-dealkylation sites (tertiary alicyclic amines) is 1. The van der Waals surface area contributed by atoms with Crippen LogP contribution in [0.1, 0.15) is 52.9 Å². The van der Waals surface area contributed by atoms with Gasteiger partial charge in [0.2, 0.25) is 0 Å². The van der Waals surface area contributed by atoms with E-state index in [0.29, 0.717) is 18.4 Å². The predicted molar refractivity (Wildman–Crippen MR) is 77.3 cm³/mol. The first-order chi connectivity index (χ1) is 9.39. The van der Waals surface area contributed by atoms with Crippen LogP contribution in [0.2, 0.25) is 0 Å². The predicted octanol–water partition coefficient (Wildman–Crippen LogP) is 2.41. The van der Waals surface area contributed by atoms with Crippen LogP contribution in [0.15, 0.2) is 0 Å². The van der Waals surface area contributed by atoms with Gasteiger partial charge in [0.05, 0.1) is 5.92 Å². The third-order valence-electron chi connectivity index (χ3n) is 4.43. The van der Waals surface area contributed by atoms with E-state index in [4.69, 9.17) is 4.74 Å². The highest BCUT2D eigenvalue weighted by Gasteiger charge is 2.36. The average molecular weight is 281 g/mol. The molecule has 0 radical (unpaired) electrons. The van der Waals surface area contributed by atoms with E-state index in [-0.39, 0.29) is 17.5 Å². The van der Waals surface area contributed by atoms with Crippen molar-refractivity contribution in [3.8, 4) is 0 Å². The minimum atomic E-state index is -0.385. The van der Waals surface area contributed by atoms with Crippen LogP contribution in [-0.4, -0.2) is 41.9 Å². The second-order valence-electron chi connectivity index (χ2n) is 7.24. The number of carbonyl (C=O) groups is 2. The van der Waals surface area contributed by atoms with Crippen LogP contribution in [-0.2, 0) is 14.3 Å². The summed E-state index contributed by atoms with van der Waals surface area (Å²) in [4.78, 5) is 25.0. The molecule has 4 heteroatoms. The van der Waals surface area contributed by atoms with Crippen molar-refractivity contribution in [1.29, 1.82) is 0 Å². The van der Waals surface area contributed by atoms with Crippen LogP contribution in [0, 0.1) is 11.8 Å². The topological polar surface area (TPSA) is 46.6 Å². The van der Waals surface area contributed by atoms with Gasteiger partial charge >= 0.3 is 5.97 Å². The van der Waals surface area contributed by atoms with Crippen molar-refractivity contribution in [3.63, 3.8) is 0 Å². The zero-order valence-corrected chi connectivity index (χ0v) is 12.9. The van der Waals surface area contributed by atoms with Gasteiger partial charge in [0.1, 0.15) is 11.9 Å². The molecule has 2 aliphatic rings. The highest BCUT2D eigenvalue weighted by Crippen LogP contribution is 2.35. The van der Waals surface area contributed by atoms with Crippen LogP contribution in [0.3, 0.4) is 0 Å². The Hall–Kier alpha value is -0.900. The van der Waals surface area contributed by atoms with E-state index in [1.54, 1.807) is 0 Å². The Morgan fingerprint density at radius 3 is 2.35 bits per heavy atom. The van der Waals surface area contributed by atoms with Gasteiger partial charge in [-0.3, -0.25) is 4.79 Å². The number of esters is 1. The maximum atomic E-state index is 12.0. The van der Waals surface area contributed by atoms with Crippen LogP contribution in [0.4, 0.5) is 0 Å². The molecular weight excluding hydrogens is 254 g/mol. The number of nitrogens with zero attached hydrogens (tertiary/aromatic N) is 1. The normalized spacial score (nSPS) is 28.8. The summed E-state index contributed by atoms with van der Waals surface area (Å²) in [6, 6.07) is 0.638. The molecule has 0 amide bonds. The molecule has 0 aromatic rings. The van der Waals surface area contributed by atoms with E-state index in [0.717, 1.165) is 45.1 Å². The number of rotatable bonds is 4. The zero-order chi connectivity index (χ0) is 14.8. The molecule has 0 atom stereocenters. The zero-order valence-electron chi connectivity index (χ0n) is 12.9. The van der Waals surface area contributed by atoms with Gasteiger partial charge in [-0.2, -0.15) is 0 Å². The average Bonchev–Trinajstić information content (AvgIpc) is 2.31. The minimum absolute atomic E-state index is 0.0374. The lowest BCUT2D eigenvalue weighted by Gasteiger charge is -2.45. The second-order valence-corrected chi connectivity index (χ2v) is 7.24. The largest absolute Gasteiger partial charge is 0.460 e. The van der Waals surface area contributed by atoms with E-state index < -0.39 is 0 Å². The first-order valence-corrected chi connectivity index (χ1v) is 7.79. The summed E-state index contributed by atoms with van der Waals surface area (Å²) in [5.41, 5.74) is -0.385. The summed E-state index contributed by atoms with van der Waals surface area (Å²) < 4.78 is 5.47. The van der Waals surface area contributed by atoms with E-state index in [1.165, 1.54) is 0 Å². The molecule has 4 nitrogen and oxygen atoms in total. The highest BCUT2D eigenvalue weighted by atomic mass is 16.6. The first-order valence-electron chi connectivity index (χ1n) is 7.79. The molecular formula is C16H27NO3. The molecule has 1 aliphatic heterocycles. The first kappa shape index (κ1) is 15.5. The standard InChI is InChI=1S/C16H27NO3/c1-16(2,3)20-15(19)13-4-7-17(8-5-13)14-10-12(11-14)6-9-18/h9,12-14H,4-8,10-11H2,1-3H3. The molecule has 1 aliphatic carbocycles. The van der Waals surface area contributed by atoms with Crippen LogP contribution in [0.25, 0.3) is 0 Å². The number of piperidine rings is 1. The van der Waals surface area contributed by atoms with Gasteiger partial charge in [-0.05, 0) is 65.5 Å². The van der Waals surface area contributed by atoms with Gasteiger partial charge in [0.25, 0.3) is 0 Å². The Kier molecular flexibility index (Phi) is 4.84. The van der Waals surface area contributed by atoms with Crippen LogP contribution < -0.4 is 0 Å². The van der Waals surface area contributed by atoms with E-state index in [2.05, 4.69) is 4.90 Å². The van der Waals surface area contributed by atoms with Crippen molar-refractivity contribution < 1.29 is 14.3 Å². The van der Waals surface area contributed by atoms with Gasteiger partial charge in [0, 0.05) is 12.5 Å². The third kappa shape index (κ3) is 4.05. The highest BCUT2D eigenvalue weighted by molar-refractivity contribution is 5.73. The smallest absolute Gasteiger partial charge is 0.309 e. The Balaban J connectivity index is 1.71. The van der Waals surface area contributed by atoms with Gasteiger partial charge in [-0.1, -0.05) is 0 Å². The molecule has 0 bridgehead atoms. The monoisotopic (exact) mass is 281 g/mol. The van der Waals surface area contributed by atoms with Crippen molar-refractivity contribution in [2.24, 2.45) is 11.8 Å². The Bertz CT molecular complexity index is 347. The number of carbonyl (C=O) groups excluding carboxylic acids is 2. The van der Waals surface area contributed by atoms with Crippen molar-refractivity contribution in [2.45, 2.75) is 64.5 Å². The SMILES string of the molecule is CC(C)(C)OC(=O)C1CCN(C2CC(CC=O)C2)CC1. The van der Waals surface area contributed by atoms with Crippen LogP contribution >= 0.6 is 0 Å². The molecule has 2 rings (SSSR count). The fourth-order valence-electron chi connectivity index (χ4n) is 3.21. The van der Waals surface area contributed by atoms with Gasteiger partial charge < -0.3 is 14.4 Å². The Morgan fingerprint density at radius 2 is 1.85 bits per heavy atom. The molecule has 1 saturated carbocycles. The molecule has 2 fully saturated rings. The molecule has 114 valence electrons. The van der Waals surface area contributed by atoms with Gasteiger partial charge in [-0.25, -0.2) is 0 Å². The van der Waals surface area contributed by atoms with E-state index >= 15 is 0 Å². The third-order valence-corrected chi connectivity index (χ3v) is 4.43. The molecule has 20 heavy (non-hydrogen) atoms. The van der Waals surface area contributed by atoms with E-state index in [9.17, 15) is 9.59 Å². The molecule has 1 heterocycles. The second kappa shape index (κ2) is 6.25. The molecule has 0 spiro atoms. The Morgan fingerprint density at radius 1 is 1.25 bits per heavy atom. The van der Waals surface area contributed by atoms with Crippen molar-refractivity contribution in [2.75, 3.05) is 13.1 Å². The minimum Gasteiger partial charge on any atom is -0.460 e. The quantitative estimate of drug-likeness (QED) is 0.586. The van der Waals surface area contributed by atoms with Crippen molar-refractivity contribution in [3.05, 3.63) is 0 Å². The Labute approximate surface area is 121 Å². The number of hydrogen-bond acceptors (Lipinski definition) is 4. The van der Waals surface area contributed by atoms with Crippen molar-refractivity contribution in [1.82, 2.24) is 4.90 Å². The summed E-state index contributed by atoms with van der Waals surface area (Å²) in [5, 5.41) is 0. The molecule has 0 aromatic heterocycles. The van der Waals surface area contributed by atoms with Crippen LogP contribution in [0.5, 0.6) is 0 Å². The number of hydrogen-bond donors (Lipinski definition) is 0. The fraction of sp³-hybridized carbons (Fsp3) is 0.875. The summed E-state index contributed by atoms with van der Waals surface area (Å²) in [6.07, 6.45) is 5.86. The molecule has 1 saturated heterocycles. The summed E-state index contributed by atoms with van der Waals surface area (Å²) in [6.45, 7) is 7.73. The lowest BCUT2D eigenvalue weighted by Crippen LogP contribution is -2.49. The van der Waals surface area contributed by atoms with Crippen molar-refractivity contribution >= 4 is 12.3 Å². The maximum Gasteiger partial charge on any atom is 0.309 e. The number of ether oxygens (including phenoxy) is 1. The fourth-order valence-corrected chi connectivity index (χ4v) is 3.21. The van der Waals surface area contributed by atoms with Gasteiger partial charge in [-0.15, -0.1) is 0 Å². The summed E-state index contributed by atoms with van der Waals surface area (Å²) in [7, 11) is 0. The molecule has 0 unspecified atom stereocenters. The molecule has 0 N–H and O–H groups in total.